The minimum Gasteiger partial charge on any atom is -0.391 e. The van der Waals surface area contributed by atoms with Crippen LogP contribution in [0.25, 0.3) is 11.4 Å². The van der Waals surface area contributed by atoms with Crippen LogP contribution in [0.5, 0.6) is 0 Å². The smallest absolute Gasteiger partial charge is 0.253 e. The van der Waals surface area contributed by atoms with Crippen molar-refractivity contribution in [3.05, 3.63) is 35.7 Å². The maximum absolute atomic E-state index is 12.3. The molecule has 1 saturated heterocycles. The Morgan fingerprint density at radius 2 is 2.35 bits per heavy atom. The summed E-state index contributed by atoms with van der Waals surface area (Å²) in [6.07, 6.45) is 0.220. The van der Waals surface area contributed by atoms with Crippen molar-refractivity contribution in [2.24, 2.45) is 0 Å². The van der Waals surface area contributed by atoms with E-state index in [2.05, 4.69) is 10.1 Å². The first-order chi connectivity index (χ1) is 9.63. The third-order valence-electron chi connectivity index (χ3n) is 3.35. The second-order valence-corrected chi connectivity index (χ2v) is 4.91. The van der Waals surface area contributed by atoms with Crippen LogP contribution in [0.2, 0.25) is 0 Å². The molecule has 1 atom stereocenters. The fourth-order valence-electron chi connectivity index (χ4n) is 2.32. The summed E-state index contributed by atoms with van der Waals surface area (Å²) in [5.41, 5.74) is 1.31. The van der Waals surface area contributed by atoms with Gasteiger partial charge in [0.2, 0.25) is 11.7 Å². The SMILES string of the molecule is Cc1nc(-c2cccc(C(=O)N3CC[C@@H](O)C3)c2)no1. The summed E-state index contributed by atoms with van der Waals surface area (Å²) in [4.78, 5) is 18.1. The van der Waals surface area contributed by atoms with Gasteiger partial charge in [-0.1, -0.05) is 17.3 Å². The minimum atomic E-state index is -0.415. The monoisotopic (exact) mass is 273 g/mol. The highest BCUT2D eigenvalue weighted by molar-refractivity contribution is 5.95. The van der Waals surface area contributed by atoms with Gasteiger partial charge in [-0.2, -0.15) is 4.98 Å². The Kier molecular flexibility index (Phi) is 3.23. The zero-order chi connectivity index (χ0) is 14.1. The molecule has 104 valence electrons. The fraction of sp³-hybridized carbons (Fsp3) is 0.357. The van der Waals surface area contributed by atoms with E-state index >= 15 is 0 Å². The molecule has 0 unspecified atom stereocenters. The quantitative estimate of drug-likeness (QED) is 0.890. The van der Waals surface area contributed by atoms with Gasteiger partial charge in [-0.3, -0.25) is 4.79 Å². The molecule has 0 aliphatic carbocycles. The van der Waals surface area contributed by atoms with Gasteiger partial charge in [0.15, 0.2) is 0 Å². The molecule has 0 saturated carbocycles. The van der Waals surface area contributed by atoms with Gasteiger partial charge in [0.25, 0.3) is 5.91 Å². The number of carbonyl (C=O) groups is 1. The van der Waals surface area contributed by atoms with Gasteiger partial charge < -0.3 is 14.5 Å². The molecule has 0 radical (unpaired) electrons. The number of benzene rings is 1. The summed E-state index contributed by atoms with van der Waals surface area (Å²) < 4.78 is 4.94. The van der Waals surface area contributed by atoms with Gasteiger partial charge in [0.05, 0.1) is 6.10 Å². The predicted octanol–water partition coefficient (Wildman–Crippen LogP) is 1.25. The summed E-state index contributed by atoms with van der Waals surface area (Å²) >= 11 is 0. The molecule has 1 amide bonds. The molecule has 1 aliphatic rings. The molecular weight excluding hydrogens is 258 g/mol. The van der Waals surface area contributed by atoms with Crippen LogP contribution in [0.1, 0.15) is 22.7 Å². The molecule has 1 fully saturated rings. The summed E-state index contributed by atoms with van der Waals surface area (Å²) in [5.74, 6) is 0.876. The molecule has 1 N–H and O–H groups in total. The molecule has 20 heavy (non-hydrogen) atoms. The van der Waals surface area contributed by atoms with Crippen molar-refractivity contribution in [2.45, 2.75) is 19.4 Å². The summed E-state index contributed by atoms with van der Waals surface area (Å²) in [6.45, 7) is 2.70. The van der Waals surface area contributed by atoms with Crippen molar-refractivity contribution in [2.75, 3.05) is 13.1 Å². The molecule has 6 nitrogen and oxygen atoms in total. The number of amides is 1. The fourth-order valence-corrected chi connectivity index (χ4v) is 2.32. The third kappa shape index (κ3) is 2.42. The number of rotatable bonds is 2. The van der Waals surface area contributed by atoms with Crippen molar-refractivity contribution < 1.29 is 14.4 Å². The lowest BCUT2D eigenvalue weighted by atomic mass is 10.1. The number of aliphatic hydroxyl groups is 1. The second kappa shape index (κ2) is 5.05. The molecule has 6 heteroatoms. The molecule has 1 aromatic heterocycles. The van der Waals surface area contributed by atoms with Crippen molar-refractivity contribution in [3.63, 3.8) is 0 Å². The molecule has 1 aliphatic heterocycles. The highest BCUT2D eigenvalue weighted by Crippen LogP contribution is 2.19. The van der Waals surface area contributed by atoms with E-state index < -0.39 is 6.10 Å². The topological polar surface area (TPSA) is 79.5 Å². The Balaban J connectivity index is 1.86. The third-order valence-corrected chi connectivity index (χ3v) is 3.35. The first-order valence-electron chi connectivity index (χ1n) is 6.51. The van der Waals surface area contributed by atoms with Gasteiger partial charge in [-0.25, -0.2) is 0 Å². The Bertz CT molecular complexity index is 638. The first kappa shape index (κ1) is 12.8. The normalized spacial score (nSPS) is 18.5. The van der Waals surface area contributed by atoms with Gasteiger partial charge in [0, 0.05) is 31.1 Å². The van der Waals surface area contributed by atoms with Crippen molar-refractivity contribution >= 4 is 5.91 Å². The minimum absolute atomic E-state index is 0.0800. The van der Waals surface area contributed by atoms with Crippen LogP contribution in [0, 0.1) is 6.92 Å². The summed E-state index contributed by atoms with van der Waals surface area (Å²) in [7, 11) is 0. The molecule has 2 heterocycles. The van der Waals surface area contributed by atoms with Crippen molar-refractivity contribution in [1.82, 2.24) is 15.0 Å². The maximum atomic E-state index is 12.3. The first-order valence-corrected chi connectivity index (χ1v) is 6.51. The summed E-state index contributed by atoms with van der Waals surface area (Å²) in [6, 6.07) is 7.13. The van der Waals surface area contributed by atoms with E-state index in [4.69, 9.17) is 4.52 Å². The Morgan fingerprint density at radius 3 is 3.00 bits per heavy atom. The van der Waals surface area contributed by atoms with Crippen LogP contribution in [-0.4, -0.2) is 45.2 Å². The number of likely N-dealkylation sites (tertiary alicyclic amines) is 1. The summed E-state index contributed by atoms with van der Waals surface area (Å²) in [5, 5.41) is 13.3. The molecule has 0 bridgehead atoms. The number of aliphatic hydroxyl groups excluding tert-OH is 1. The highest BCUT2D eigenvalue weighted by atomic mass is 16.5. The van der Waals surface area contributed by atoms with Crippen LogP contribution < -0.4 is 0 Å². The zero-order valence-corrected chi connectivity index (χ0v) is 11.1. The lowest BCUT2D eigenvalue weighted by molar-refractivity contribution is 0.0765. The predicted molar refractivity (Wildman–Crippen MR) is 71.0 cm³/mol. The Labute approximate surface area is 116 Å². The second-order valence-electron chi connectivity index (χ2n) is 4.91. The van der Waals surface area contributed by atoms with Crippen LogP contribution in [0.4, 0.5) is 0 Å². The Hall–Kier alpha value is -2.21. The number of aromatic nitrogens is 2. The van der Waals surface area contributed by atoms with Crippen molar-refractivity contribution in [3.8, 4) is 11.4 Å². The maximum Gasteiger partial charge on any atom is 0.253 e. The van der Waals surface area contributed by atoms with E-state index in [0.717, 1.165) is 5.56 Å². The van der Waals surface area contributed by atoms with Gasteiger partial charge >= 0.3 is 0 Å². The van der Waals surface area contributed by atoms with Crippen LogP contribution in [-0.2, 0) is 0 Å². The van der Waals surface area contributed by atoms with Crippen molar-refractivity contribution in [1.29, 1.82) is 0 Å². The van der Waals surface area contributed by atoms with Crippen LogP contribution >= 0.6 is 0 Å². The van der Waals surface area contributed by atoms with Crippen LogP contribution in [0.3, 0.4) is 0 Å². The lowest BCUT2D eigenvalue weighted by Gasteiger charge is -2.15. The lowest BCUT2D eigenvalue weighted by Crippen LogP contribution is -2.29. The van der Waals surface area contributed by atoms with E-state index in [-0.39, 0.29) is 5.91 Å². The van der Waals surface area contributed by atoms with E-state index in [0.29, 0.717) is 36.8 Å². The van der Waals surface area contributed by atoms with Gasteiger partial charge in [-0.15, -0.1) is 0 Å². The number of aryl methyl sites for hydroxylation is 1. The highest BCUT2D eigenvalue weighted by Gasteiger charge is 2.25. The molecular formula is C14H15N3O3. The van der Waals surface area contributed by atoms with Crippen LogP contribution in [0.15, 0.2) is 28.8 Å². The zero-order valence-electron chi connectivity index (χ0n) is 11.1. The Morgan fingerprint density at radius 1 is 1.50 bits per heavy atom. The molecule has 1 aromatic carbocycles. The van der Waals surface area contributed by atoms with E-state index in [1.807, 2.05) is 6.07 Å². The van der Waals surface area contributed by atoms with Gasteiger partial charge in [0.1, 0.15) is 0 Å². The standard InChI is InChI=1S/C14H15N3O3/c1-9-15-13(16-20-9)10-3-2-4-11(7-10)14(19)17-6-5-12(18)8-17/h2-4,7,12,18H,5-6,8H2,1H3/t12-/m1/s1. The molecule has 0 spiro atoms. The van der Waals surface area contributed by atoms with E-state index in [1.165, 1.54) is 0 Å². The van der Waals surface area contributed by atoms with E-state index in [9.17, 15) is 9.90 Å². The van der Waals surface area contributed by atoms with Gasteiger partial charge in [-0.05, 0) is 18.6 Å². The number of β-amino-alcohol motifs (C(OH)–C–C–N with tert-alkyl or cyclic N) is 1. The van der Waals surface area contributed by atoms with E-state index in [1.54, 1.807) is 30.0 Å². The number of hydrogen-bond acceptors (Lipinski definition) is 5. The number of hydrogen-bond donors (Lipinski definition) is 1. The number of nitrogens with zero attached hydrogens (tertiary/aromatic N) is 3. The number of carbonyl (C=O) groups excluding carboxylic acids is 1. The average molecular weight is 273 g/mol. The largest absolute Gasteiger partial charge is 0.391 e. The molecule has 3 rings (SSSR count). The molecule has 2 aromatic rings. The average Bonchev–Trinajstić information content (AvgIpc) is 3.07.